The summed E-state index contributed by atoms with van der Waals surface area (Å²) in [5.41, 5.74) is 1.19. The van der Waals surface area contributed by atoms with Crippen molar-refractivity contribution in [2.45, 2.75) is 37.8 Å². The second-order valence-corrected chi connectivity index (χ2v) is 6.53. The third-order valence-electron chi connectivity index (χ3n) is 4.99. The van der Waals surface area contributed by atoms with Crippen LogP contribution in [0.15, 0.2) is 24.3 Å². The molecule has 0 aliphatic carbocycles. The van der Waals surface area contributed by atoms with Crippen LogP contribution in [-0.2, 0) is 4.79 Å². The maximum absolute atomic E-state index is 12.7. The lowest BCUT2D eigenvalue weighted by molar-refractivity contribution is -0.133. The first-order chi connectivity index (χ1) is 11.2. The van der Waals surface area contributed by atoms with Crippen molar-refractivity contribution in [3.8, 4) is 5.75 Å². The molecule has 0 spiro atoms. The van der Waals surface area contributed by atoms with Gasteiger partial charge < -0.3 is 14.7 Å². The van der Waals surface area contributed by atoms with Gasteiger partial charge in [-0.2, -0.15) is 0 Å². The summed E-state index contributed by atoms with van der Waals surface area (Å²) in [7, 11) is 1.66. The van der Waals surface area contributed by atoms with E-state index in [1.54, 1.807) is 7.11 Å². The van der Waals surface area contributed by atoms with Gasteiger partial charge in [0.2, 0.25) is 5.91 Å². The second-order valence-electron chi connectivity index (χ2n) is 6.53. The SMILES string of the molecule is COc1ccc(C2CCCN2C(=O)CN2CCC(O)CC2)cc1. The van der Waals surface area contributed by atoms with E-state index in [2.05, 4.69) is 17.0 Å². The molecule has 1 aromatic rings. The zero-order valence-corrected chi connectivity index (χ0v) is 13.8. The molecule has 126 valence electrons. The molecule has 5 heteroatoms. The molecular weight excluding hydrogens is 292 g/mol. The third-order valence-corrected chi connectivity index (χ3v) is 4.99. The minimum absolute atomic E-state index is 0.184. The fraction of sp³-hybridized carbons (Fsp3) is 0.611. The molecule has 1 atom stereocenters. The first kappa shape index (κ1) is 16.3. The van der Waals surface area contributed by atoms with Crippen LogP contribution in [0.3, 0.4) is 0 Å². The van der Waals surface area contributed by atoms with Gasteiger partial charge in [-0.05, 0) is 43.4 Å². The van der Waals surface area contributed by atoms with Gasteiger partial charge in [-0.15, -0.1) is 0 Å². The van der Waals surface area contributed by atoms with Crippen LogP contribution in [0.2, 0.25) is 0 Å². The predicted molar refractivity (Wildman–Crippen MR) is 88.4 cm³/mol. The van der Waals surface area contributed by atoms with Gasteiger partial charge in [0, 0.05) is 19.6 Å². The summed E-state index contributed by atoms with van der Waals surface area (Å²) in [6.07, 6.45) is 3.43. The minimum atomic E-state index is -0.194. The standard InChI is InChI=1S/C18H26N2O3/c1-23-16-6-4-14(5-7-16)17-3-2-10-20(17)18(22)13-19-11-8-15(21)9-12-19/h4-7,15,17,21H,2-3,8-13H2,1H3. The highest BCUT2D eigenvalue weighted by Gasteiger charge is 2.31. The smallest absolute Gasteiger partial charge is 0.237 e. The van der Waals surface area contributed by atoms with Crippen molar-refractivity contribution in [1.82, 2.24) is 9.80 Å². The molecule has 3 rings (SSSR count). The van der Waals surface area contributed by atoms with Gasteiger partial charge >= 0.3 is 0 Å². The zero-order chi connectivity index (χ0) is 16.2. The second kappa shape index (κ2) is 7.32. The predicted octanol–water partition coefficient (Wildman–Crippen LogP) is 1.82. The Kier molecular flexibility index (Phi) is 5.18. The van der Waals surface area contributed by atoms with Crippen LogP contribution in [0, 0.1) is 0 Å². The largest absolute Gasteiger partial charge is 0.497 e. The average Bonchev–Trinajstić information content (AvgIpc) is 3.07. The lowest BCUT2D eigenvalue weighted by Gasteiger charge is -2.32. The summed E-state index contributed by atoms with van der Waals surface area (Å²) in [5.74, 6) is 1.05. The quantitative estimate of drug-likeness (QED) is 0.920. The molecule has 1 amide bonds. The van der Waals surface area contributed by atoms with E-state index in [0.717, 1.165) is 51.1 Å². The molecule has 1 N–H and O–H groups in total. The Bertz CT molecular complexity index is 524. The van der Waals surface area contributed by atoms with E-state index in [4.69, 9.17) is 4.74 Å². The van der Waals surface area contributed by atoms with Crippen molar-refractivity contribution >= 4 is 5.91 Å². The summed E-state index contributed by atoms with van der Waals surface area (Å²) >= 11 is 0. The highest BCUT2D eigenvalue weighted by atomic mass is 16.5. The van der Waals surface area contributed by atoms with Gasteiger partial charge in [0.15, 0.2) is 0 Å². The fourth-order valence-electron chi connectivity index (χ4n) is 3.60. The van der Waals surface area contributed by atoms with Crippen LogP contribution in [0.1, 0.15) is 37.3 Å². The van der Waals surface area contributed by atoms with E-state index in [1.807, 2.05) is 17.0 Å². The topological polar surface area (TPSA) is 53.0 Å². The number of ether oxygens (including phenoxy) is 1. The summed E-state index contributed by atoms with van der Waals surface area (Å²) in [6.45, 7) is 2.94. The molecule has 0 radical (unpaired) electrons. The average molecular weight is 318 g/mol. The molecule has 2 fully saturated rings. The summed E-state index contributed by atoms with van der Waals surface area (Å²) < 4.78 is 5.21. The lowest BCUT2D eigenvalue weighted by Crippen LogP contribution is -2.44. The van der Waals surface area contributed by atoms with Gasteiger partial charge in [0.05, 0.1) is 25.8 Å². The lowest BCUT2D eigenvalue weighted by atomic mass is 10.0. The van der Waals surface area contributed by atoms with Gasteiger partial charge in [0.25, 0.3) is 0 Å². The Morgan fingerprint density at radius 2 is 1.87 bits per heavy atom. The Morgan fingerprint density at radius 1 is 1.17 bits per heavy atom. The maximum atomic E-state index is 12.7. The maximum Gasteiger partial charge on any atom is 0.237 e. The Labute approximate surface area is 137 Å². The van der Waals surface area contributed by atoms with E-state index < -0.39 is 0 Å². The van der Waals surface area contributed by atoms with Crippen molar-refractivity contribution in [3.63, 3.8) is 0 Å². The van der Waals surface area contributed by atoms with Gasteiger partial charge in [0.1, 0.15) is 5.75 Å². The number of hydrogen-bond donors (Lipinski definition) is 1. The number of amides is 1. The normalized spacial score (nSPS) is 23.2. The van der Waals surface area contributed by atoms with Crippen molar-refractivity contribution < 1.29 is 14.6 Å². The van der Waals surface area contributed by atoms with E-state index in [1.165, 1.54) is 5.56 Å². The van der Waals surface area contributed by atoms with Crippen molar-refractivity contribution in [3.05, 3.63) is 29.8 Å². The van der Waals surface area contributed by atoms with E-state index >= 15 is 0 Å². The molecule has 0 saturated carbocycles. The molecule has 0 aromatic heterocycles. The molecule has 23 heavy (non-hydrogen) atoms. The number of aliphatic hydroxyl groups excluding tert-OH is 1. The van der Waals surface area contributed by atoms with Crippen LogP contribution in [0.4, 0.5) is 0 Å². The van der Waals surface area contributed by atoms with Crippen LogP contribution >= 0.6 is 0 Å². The van der Waals surface area contributed by atoms with E-state index in [0.29, 0.717) is 6.54 Å². The van der Waals surface area contributed by atoms with Gasteiger partial charge in [-0.3, -0.25) is 9.69 Å². The highest BCUT2D eigenvalue weighted by molar-refractivity contribution is 5.79. The Hall–Kier alpha value is -1.59. The molecule has 1 aromatic carbocycles. The van der Waals surface area contributed by atoms with Crippen LogP contribution in [0.5, 0.6) is 5.75 Å². The number of nitrogens with zero attached hydrogens (tertiary/aromatic N) is 2. The van der Waals surface area contributed by atoms with Crippen LogP contribution < -0.4 is 4.74 Å². The fourth-order valence-corrected chi connectivity index (χ4v) is 3.60. The van der Waals surface area contributed by atoms with Crippen molar-refractivity contribution in [1.29, 1.82) is 0 Å². The summed E-state index contributed by atoms with van der Waals surface area (Å²) in [4.78, 5) is 16.9. The minimum Gasteiger partial charge on any atom is -0.497 e. The molecule has 2 aliphatic heterocycles. The molecular formula is C18H26N2O3. The monoisotopic (exact) mass is 318 g/mol. The zero-order valence-electron chi connectivity index (χ0n) is 13.8. The van der Waals surface area contributed by atoms with Crippen LogP contribution in [0.25, 0.3) is 0 Å². The number of aliphatic hydroxyl groups is 1. The van der Waals surface area contributed by atoms with Crippen LogP contribution in [-0.4, -0.2) is 60.2 Å². The van der Waals surface area contributed by atoms with Gasteiger partial charge in [-0.25, -0.2) is 0 Å². The number of hydrogen-bond acceptors (Lipinski definition) is 4. The number of carbonyl (C=O) groups excluding carboxylic acids is 1. The number of likely N-dealkylation sites (tertiary alicyclic amines) is 2. The number of carbonyl (C=O) groups is 1. The van der Waals surface area contributed by atoms with Crippen molar-refractivity contribution in [2.24, 2.45) is 0 Å². The first-order valence-corrected chi connectivity index (χ1v) is 8.51. The highest BCUT2D eigenvalue weighted by Crippen LogP contribution is 2.33. The number of rotatable bonds is 4. The Morgan fingerprint density at radius 3 is 2.52 bits per heavy atom. The third kappa shape index (κ3) is 3.85. The molecule has 0 bridgehead atoms. The molecule has 2 heterocycles. The number of piperidine rings is 1. The molecule has 2 saturated heterocycles. The molecule has 2 aliphatic rings. The number of benzene rings is 1. The Balaban J connectivity index is 1.62. The molecule has 1 unspecified atom stereocenters. The van der Waals surface area contributed by atoms with Crippen molar-refractivity contribution in [2.75, 3.05) is 33.3 Å². The van der Waals surface area contributed by atoms with E-state index in [-0.39, 0.29) is 18.1 Å². The first-order valence-electron chi connectivity index (χ1n) is 8.51. The van der Waals surface area contributed by atoms with Gasteiger partial charge in [-0.1, -0.05) is 12.1 Å². The molecule has 5 nitrogen and oxygen atoms in total. The summed E-state index contributed by atoms with van der Waals surface area (Å²) in [5, 5.41) is 9.57. The number of methoxy groups -OCH3 is 1. The summed E-state index contributed by atoms with van der Waals surface area (Å²) in [6, 6.07) is 8.23. The van der Waals surface area contributed by atoms with E-state index in [9.17, 15) is 9.90 Å².